The first-order valence-electron chi connectivity index (χ1n) is 6.53. The number of ether oxygens (including phenoxy) is 1. The molecule has 1 amide bonds. The minimum Gasteiger partial charge on any atom is -0.427 e. The van der Waals surface area contributed by atoms with Gasteiger partial charge in [-0.1, -0.05) is 6.07 Å². The summed E-state index contributed by atoms with van der Waals surface area (Å²) >= 11 is 0. The number of rotatable bonds is 3. The molecule has 0 heterocycles. The third-order valence-corrected chi connectivity index (χ3v) is 2.83. The van der Waals surface area contributed by atoms with Gasteiger partial charge < -0.3 is 10.1 Å². The number of hydrogen-bond donors (Lipinski definition) is 1. The smallest absolute Gasteiger partial charge is 0.416 e. The van der Waals surface area contributed by atoms with E-state index < -0.39 is 23.6 Å². The largest absolute Gasteiger partial charge is 0.427 e. The number of anilines is 1. The van der Waals surface area contributed by atoms with Gasteiger partial charge in [0, 0.05) is 18.2 Å². The number of nitrogens with one attached hydrogen (secondary N) is 1. The molecule has 7 heteroatoms. The van der Waals surface area contributed by atoms with E-state index in [1.807, 2.05) is 0 Å². The first-order chi connectivity index (χ1) is 10.8. The summed E-state index contributed by atoms with van der Waals surface area (Å²) in [6.45, 7) is 1.23. The highest BCUT2D eigenvalue weighted by Crippen LogP contribution is 2.29. The highest BCUT2D eigenvalue weighted by Gasteiger charge is 2.29. The summed E-state index contributed by atoms with van der Waals surface area (Å²) in [7, 11) is 0. The van der Waals surface area contributed by atoms with Crippen LogP contribution in [0.5, 0.6) is 5.75 Å². The molecule has 0 saturated carbocycles. The third kappa shape index (κ3) is 4.57. The summed E-state index contributed by atoms with van der Waals surface area (Å²) in [5, 5.41) is 2.47. The Morgan fingerprint density at radius 3 is 2.26 bits per heavy atom. The maximum absolute atomic E-state index is 12.5. The molecule has 0 atom stereocenters. The van der Waals surface area contributed by atoms with Crippen LogP contribution in [0.4, 0.5) is 18.9 Å². The van der Waals surface area contributed by atoms with Crippen LogP contribution in [-0.4, -0.2) is 11.9 Å². The maximum Gasteiger partial charge on any atom is 0.416 e. The molecule has 0 aliphatic heterocycles. The second-order valence-corrected chi connectivity index (χ2v) is 4.65. The molecule has 0 radical (unpaired) electrons. The average Bonchev–Trinajstić information content (AvgIpc) is 2.46. The Labute approximate surface area is 129 Å². The van der Waals surface area contributed by atoms with E-state index in [-0.39, 0.29) is 17.0 Å². The fourth-order valence-electron chi connectivity index (χ4n) is 1.81. The first-order valence-corrected chi connectivity index (χ1v) is 6.53. The molecule has 0 spiro atoms. The fraction of sp³-hybridized carbons (Fsp3) is 0.125. The lowest BCUT2D eigenvalue weighted by molar-refractivity contribution is -0.137. The molecule has 0 aromatic heterocycles. The Morgan fingerprint density at radius 1 is 1.04 bits per heavy atom. The topological polar surface area (TPSA) is 55.4 Å². The van der Waals surface area contributed by atoms with Crippen molar-refractivity contribution in [1.29, 1.82) is 0 Å². The zero-order valence-electron chi connectivity index (χ0n) is 12.0. The van der Waals surface area contributed by atoms with Crippen LogP contribution in [0.3, 0.4) is 0 Å². The second-order valence-electron chi connectivity index (χ2n) is 4.65. The summed E-state index contributed by atoms with van der Waals surface area (Å²) in [6, 6.07) is 9.98. The molecule has 120 valence electrons. The number of carbonyl (C=O) groups excluding carboxylic acids is 2. The quantitative estimate of drug-likeness (QED) is 0.689. The lowest BCUT2D eigenvalue weighted by atomic mass is 10.1. The molecule has 2 rings (SSSR count). The molecule has 2 aromatic rings. The zero-order valence-corrected chi connectivity index (χ0v) is 12.0. The molecule has 0 fully saturated rings. The van der Waals surface area contributed by atoms with Crippen LogP contribution in [0.2, 0.25) is 0 Å². The molecule has 0 aliphatic carbocycles. The van der Waals surface area contributed by atoms with E-state index in [2.05, 4.69) is 5.32 Å². The standard InChI is InChI=1S/C16H12F3NO3/c1-10(21)23-14-4-2-3-11(9-14)15(22)20-13-7-5-12(6-8-13)16(17,18)19/h2-9H,1H3,(H,20,22). The van der Waals surface area contributed by atoms with Crippen molar-refractivity contribution in [2.75, 3.05) is 5.32 Å². The summed E-state index contributed by atoms with van der Waals surface area (Å²) in [6.07, 6.45) is -4.43. The van der Waals surface area contributed by atoms with E-state index in [0.717, 1.165) is 24.3 Å². The van der Waals surface area contributed by atoms with Crippen LogP contribution in [0, 0.1) is 0 Å². The molecule has 2 aromatic carbocycles. The highest BCUT2D eigenvalue weighted by atomic mass is 19.4. The number of benzene rings is 2. The van der Waals surface area contributed by atoms with Crippen molar-refractivity contribution in [2.24, 2.45) is 0 Å². The lowest BCUT2D eigenvalue weighted by Crippen LogP contribution is -2.13. The number of amides is 1. The zero-order chi connectivity index (χ0) is 17.0. The summed E-state index contributed by atoms with van der Waals surface area (Å²) < 4.78 is 42.3. The van der Waals surface area contributed by atoms with Crippen molar-refractivity contribution in [3.05, 3.63) is 59.7 Å². The lowest BCUT2D eigenvalue weighted by Gasteiger charge is -2.09. The number of hydrogen-bond acceptors (Lipinski definition) is 3. The second kappa shape index (κ2) is 6.51. The first kappa shape index (κ1) is 16.5. The van der Waals surface area contributed by atoms with E-state index in [9.17, 15) is 22.8 Å². The van der Waals surface area contributed by atoms with E-state index in [0.29, 0.717) is 0 Å². The maximum atomic E-state index is 12.5. The molecule has 4 nitrogen and oxygen atoms in total. The average molecular weight is 323 g/mol. The Hall–Kier alpha value is -2.83. The molecular formula is C16H12F3NO3. The Kier molecular flexibility index (Phi) is 4.68. The van der Waals surface area contributed by atoms with E-state index in [1.54, 1.807) is 0 Å². The molecule has 0 aliphatic rings. The van der Waals surface area contributed by atoms with Crippen molar-refractivity contribution in [3.63, 3.8) is 0 Å². The summed E-state index contributed by atoms with van der Waals surface area (Å²) in [4.78, 5) is 22.9. The predicted octanol–water partition coefficient (Wildman–Crippen LogP) is 3.88. The van der Waals surface area contributed by atoms with Crippen LogP contribution < -0.4 is 10.1 Å². The molecule has 0 saturated heterocycles. The fourth-order valence-corrected chi connectivity index (χ4v) is 1.81. The monoisotopic (exact) mass is 323 g/mol. The van der Waals surface area contributed by atoms with Crippen LogP contribution in [-0.2, 0) is 11.0 Å². The van der Waals surface area contributed by atoms with Gasteiger partial charge in [-0.3, -0.25) is 9.59 Å². The predicted molar refractivity (Wildman–Crippen MR) is 77.1 cm³/mol. The van der Waals surface area contributed by atoms with Crippen molar-refractivity contribution in [1.82, 2.24) is 0 Å². The van der Waals surface area contributed by atoms with Gasteiger partial charge >= 0.3 is 12.1 Å². The summed E-state index contributed by atoms with van der Waals surface area (Å²) in [5.41, 5.74) is -0.364. The van der Waals surface area contributed by atoms with Crippen molar-refractivity contribution >= 4 is 17.6 Å². The third-order valence-electron chi connectivity index (χ3n) is 2.83. The summed E-state index contributed by atoms with van der Waals surface area (Å²) in [5.74, 6) is -0.846. The number of halogens is 3. The molecule has 0 unspecified atom stereocenters. The Balaban J connectivity index is 2.11. The van der Waals surface area contributed by atoms with Crippen molar-refractivity contribution in [3.8, 4) is 5.75 Å². The van der Waals surface area contributed by atoms with E-state index in [1.165, 1.54) is 31.2 Å². The van der Waals surface area contributed by atoms with Gasteiger partial charge in [-0.25, -0.2) is 0 Å². The molecule has 1 N–H and O–H groups in total. The highest BCUT2D eigenvalue weighted by molar-refractivity contribution is 6.04. The minimum atomic E-state index is -4.43. The van der Waals surface area contributed by atoms with Gasteiger partial charge in [0.15, 0.2) is 0 Å². The van der Waals surface area contributed by atoms with Crippen LogP contribution in [0.15, 0.2) is 48.5 Å². The number of carbonyl (C=O) groups is 2. The number of esters is 1. The normalized spacial score (nSPS) is 11.0. The number of alkyl halides is 3. The Morgan fingerprint density at radius 2 is 1.70 bits per heavy atom. The van der Waals surface area contributed by atoms with Crippen molar-refractivity contribution < 1.29 is 27.5 Å². The minimum absolute atomic E-state index is 0.206. The van der Waals surface area contributed by atoms with Gasteiger partial charge in [-0.2, -0.15) is 13.2 Å². The molecular weight excluding hydrogens is 311 g/mol. The van der Waals surface area contributed by atoms with Gasteiger partial charge in [0.1, 0.15) is 5.75 Å². The van der Waals surface area contributed by atoms with Gasteiger partial charge in [0.25, 0.3) is 5.91 Å². The molecule has 0 bridgehead atoms. The van der Waals surface area contributed by atoms with Crippen molar-refractivity contribution in [2.45, 2.75) is 13.1 Å². The van der Waals surface area contributed by atoms with Crippen LogP contribution in [0.1, 0.15) is 22.8 Å². The van der Waals surface area contributed by atoms with Gasteiger partial charge in [0.2, 0.25) is 0 Å². The SMILES string of the molecule is CC(=O)Oc1cccc(C(=O)Nc2ccc(C(F)(F)F)cc2)c1. The molecule has 23 heavy (non-hydrogen) atoms. The van der Waals surface area contributed by atoms with Gasteiger partial charge in [-0.15, -0.1) is 0 Å². The van der Waals surface area contributed by atoms with Gasteiger partial charge in [0.05, 0.1) is 5.56 Å². The van der Waals surface area contributed by atoms with E-state index in [4.69, 9.17) is 4.74 Å². The van der Waals surface area contributed by atoms with Crippen LogP contribution >= 0.6 is 0 Å². The Bertz CT molecular complexity index is 724. The van der Waals surface area contributed by atoms with Crippen LogP contribution in [0.25, 0.3) is 0 Å². The van der Waals surface area contributed by atoms with Gasteiger partial charge in [-0.05, 0) is 42.5 Å². The van der Waals surface area contributed by atoms with E-state index >= 15 is 0 Å².